The van der Waals surface area contributed by atoms with Gasteiger partial charge in [0, 0.05) is 42.0 Å². The van der Waals surface area contributed by atoms with Crippen molar-refractivity contribution in [3.63, 3.8) is 0 Å². The number of nitrogens with two attached hydrogens (primary N) is 1. The Kier molecular flexibility index (Phi) is 5.73. The first-order chi connectivity index (χ1) is 16.5. The van der Waals surface area contributed by atoms with E-state index < -0.39 is 53.6 Å². The molecule has 9 heteroatoms. The van der Waals surface area contributed by atoms with Crippen LogP contribution in [-0.4, -0.2) is 62.1 Å². The van der Waals surface area contributed by atoms with Gasteiger partial charge in [0.1, 0.15) is 11.5 Å². The Morgan fingerprint density at radius 2 is 1.91 bits per heavy atom. The number of phenols is 2. The summed E-state index contributed by atoms with van der Waals surface area (Å²) >= 11 is 0. The Labute approximate surface area is 202 Å². The van der Waals surface area contributed by atoms with Gasteiger partial charge in [0.05, 0.1) is 35.0 Å². The Morgan fingerprint density at radius 3 is 2.60 bits per heavy atom. The molecule has 0 amide bonds. The number of ether oxygens (including phenoxy) is 2. The van der Waals surface area contributed by atoms with Crippen LogP contribution in [0.15, 0.2) is 24.3 Å². The van der Waals surface area contributed by atoms with Crippen LogP contribution in [0.1, 0.15) is 82.2 Å². The third-order valence-electron chi connectivity index (χ3n) is 7.54. The lowest BCUT2D eigenvalue weighted by Crippen LogP contribution is -2.52. The van der Waals surface area contributed by atoms with Crippen molar-refractivity contribution in [2.24, 2.45) is 5.73 Å². The van der Waals surface area contributed by atoms with E-state index in [1.54, 1.807) is 6.92 Å². The minimum absolute atomic E-state index is 0.0242. The smallest absolute Gasteiger partial charge is 0.201 e. The molecule has 0 spiro atoms. The number of rotatable bonds is 3. The third-order valence-corrected chi connectivity index (χ3v) is 7.54. The van der Waals surface area contributed by atoms with Gasteiger partial charge in [0.2, 0.25) is 5.78 Å². The van der Waals surface area contributed by atoms with Crippen molar-refractivity contribution < 1.29 is 39.5 Å². The van der Waals surface area contributed by atoms with Crippen LogP contribution in [-0.2, 0) is 15.9 Å². The van der Waals surface area contributed by atoms with Crippen LogP contribution in [0.2, 0.25) is 0 Å². The molecule has 2 aliphatic carbocycles. The highest BCUT2D eigenvalue weighted by Gasteiger charge is 2.45. The number of ketones is 2. The number of fused-ring (bicyclic) bond motifs is 3. The lowest BCUT2D eigenvalue weighted by atomic mass is 9.73. The van der Waals surface area contributed by atoms with E-state index in [0.717, 1.165) is 0 Å². The van der Waals surface area contributed by atoms with Gasteiger partial charge in [-0.05, 0) is 31.0 Å². The minimum atomic E-state index is -1.17. The van der Waals surface area contributed by atoms with E-state index in [1.165, 1.54) is 24.3 Å². The van der Waals surface area contributed by atoms with Crippen molar-refractivity contribution in [1.82, 2.24) is 0 Å². The van der Waals surface area contributed by atoms with Crippen molar-refractivity contribution in [3.8, 4) is 11.5 Å². The zero-order valence-corrected chi connectivity index (χ0v) is 19.5. The summed E-state index contributed by atoms with van der Waals surface area (Å²) in [7, 11) is 0. The molecule has 6 atom stereocenters. The summed E-state index contributed by atoms with van der Waals surface area (Å²) in [6.45, 7) is 3.51. The summed E-state index contributed by atoms with van der Waals surface area (Å²) in [5, 5.41) is 43.0. The lowest BCUT2D eigenvalue weighted by Gasteiger charge is -2.42. The zero-order chi connectivity index (χ0) is 25.2. The maximum absolute atomic E-state index is 13.4. The topological polar surface area (TPSA) is 160 Å². The highest BCUT2D eigenvalue weighted by Crippen LogP contribution is 2.49. The van der Waals surface area contributed by atoms with Crippen LogP contribution in [0.25, 0.3) is 0 Å². The molecule has 1 aliphatic heterocycles. The number of carbonyl (C=O) groups is 2. The molecule has 0 aromatic heterocycles. The number of carbonyl (C=O) groups excluding carboxylic acids is 2. The molecule has 0 radical (unpaired) electrons. The normalized spacial score (nSPS) is 32.1. The van der Waals surface area contributed by atoms with Crippen molar-refractivity contribution in [1.29, 1.82) is 0 Å². The molecule has 186 valence electrons. The van der Waals surface area contributed by atoms with E-state index in [-0.39, 0.29) is 47.3 Å². The highest BCUT2D eigenvalue weighted by molar-refractivity contribution is 6.30. The largest absolute Gasteiger partial charge is 0.507 e. The van der Waals surface area contributed by atoms with Gasteiger partial charge in [-0.1, -0.05) is 19.1 Å². The van der Waals surface area contributed by atoms with Crippen molar-refractivity contribution >= 4 is 11.6 Å². The van der Waals surface area contributed by atoms with Crippen LogP contribution in [0.3, 0.4) is 0 Å². The van der Waals surface area contributed by atoms with Gasteiger partial charge >= 0.3 is 0 Å². The summed E-state index contributed by atoms with van der Waals surface area (Å²) in [5.74, 6) is -1.89. The number of benzene rings is 2. The Morgan fingerprint density at radius 1 is 1.17 bits per heavy atom. The molecule has 35 heavy (non-hydrogen) atoms. The quantitative estimate of drug-likeness (QED) is 0.374. The van der Waals surface area contributed by atoms with E-state index in [1.807, 2.05) is 6.92 Å². The Balaban J connectivity index is 1.61. The Hall–Kier alpha value is -2.82. The zero-order valence-electron chi connectivity index (χ0n) is 19.5. The second-order valence-electron chi connectivity index (χ2n) is 9.82. The molecule has 6 N–H and O–H groups in total. The van der Waals surface area contributed by atoms with Gasteiger partial charge in [0.25, 0.3) is 0 Å². The molecule has 1 fully saturated rings. The second-order valence-corrected chi connectivity index (χ2v) is 9.82. The van der Waals surface area contributed by atoms with Crippen LogP contribution < -0.4 is 5.73 Å². The van der Waals surface area contributed by atoms with E-state index in [9.17, 15) is 30.0 Å². The lowest BCUT2D eigenvalue weighted by molar-refractivity contribution is -0.247. The summed E-state index contributed by atoms with van der Waals surface area (Å²) in [5.41, 5.74) is 5.42. The maximum atomic E-state index is 13.4. The molecule has 3 aliphatic rings. The average molecular weight is 484 g/mol. The molecule has 2 aromatic carbocycles. The monoisotopic (exact) mass is 483 g/mol. The van der Waals surface area contributed by atoms with Crippen molar-refractivity contribution in [2.45, 2.75) is 75.8 Å². The number of aliphatic hydroxyl groups is 2. The third kappa shape index (κ3) is 3.75. The molecule has 0 saturated carbocycles. The SMILES string of the molecule is CC[C@]1(O)Cc2cc3c(c(O)c2[C@@H](OC2CC(N)C(O)C(C)O2)C1)C(=O)c1c(O)cccc1C3=O. The standard InChI is InChI=1S/C26H29NO8/c1-3-26(33)9-12-7-14-21(25(32)20-13(23(14)30)5-4-6-16(20)28)24(31)19(12)17(10-26)35-18-8-15(27)22(29)11(2)34-18/h4-7,11,15,17-18,22,28-29,31,33H,3,8-10,27H2,1-2H3/t11?,15?,17-,18?,22?,26-/m0/s1. The first kappa shape index (κ1) is 23.9. The molecule has 1 heterocycles. The molecule has 2 aromatic rings. The first-order valence-electron chi connectivity index (χ1n) is 11.8. The van der Waals surface area contributed by atoms with E-state index in [2.05, 4.69) is 0 Å². The predicted octanol–water partition coefficient (Wildman–Crippen LogP) is 1.84. The summed E-state index contributed by atoms with van der Waals surface area (Å²) in [4.78, 5) is 26.6. The van der Waals surface area contributed by atoms with Gasteiger partial charge in [-0.25, -0.2) is 0 Å². The molecule has 5 rings (SSSR count). The van der Waals surface area contributed by atoms with Crippen LogP contribution in [0, 0.1) is 0 Å². The van der Waals surface area contributed by atoms with Crippen LogP contribution in [0.5, 0.6) is 11.5 Å². The van der Waals surface area contributed by atoms with Crippen molar-refractivity contribution in [2.75, 3.05) is 0 Å². The molecule has 0 bridgehead atoms. The fourth-order valence-corrected chi connectivity index (χ4v) is 5.51. The Bertz CT molecular complexity index is 1210. The van der Waals surface area contributed by atoms with Gasteiger partial charge in [-0.2, -0.15) is 0 Å². The van der Waals surface area contributed by atoms with Gasteiger partial charge in [-0.15, -0.1) is 0 Å². The average Bonchev–Trinajstić information content (AvgIpc) is 2.80. The molecular weight excluding hydrogens is 454 g/mol. The van der Waals surface area contributed by atoms with Crippen molar-refractivity contribution in [3.05, 3.63) is 57.6 Å². The van der Waals surface area contributed by atoms with E-state index >= 15 is 0 Å². The molecular formula is C26H29NO8. The predicted molar refractivity (Wildman–Crippen MR) is 123 cm³/mol. The number of aliphatic hydroxyl groups excluding tert-OH is 1. The molecule has 4 unspecified atom stereocenters. The second kappa shape index (κ2) is 8.39. The van der Waals surface area contributed by atoms with E-state index in [0.29, 0.717) is 17.5 Å². The molecule has 9 nitrogen and oxygen atoms in total. The van der Waals surface area contributed by atoms with Crippen LogP contribution >= 0.6 is 0 Å². The van der Waals surface area contributed by atoms with Gasteiger partial charge in [-0.3, -0.25) is 9.59 Å². The van der Waals surface area contributed by atoms with Gasteiger partial charge < -0.3 is 35.6 Å². The highest BCUT2D eigenvalue weighted by atomic mass is 16.7. The van der Waals surface area contributed by atoms with Crippen LogP contribution in [0.4, 0.5) is 0 Å². The number of hydrogen-bond donors (Lipinski definition) is 5. The fourth-order valence-electron chi connectivity index (χ4n) is 5.51. The molecule has 1 saturated heterocycles. The number of phenolic OH excluding ortho intramolecular Hbond substituents is 2. The number of aromatic hydroxyl groups is 2. The fraction of sp³-hybridized carbons (Fsp3) is 0.462. The van der Waals surface area contributed by atoms with E-state index in [4.69, 9.17) is 15.2 Å². The summed E-state index contributed by atoms with van der Waals surface area (Å²) < 4.78 is 12.0. The summed E-state index contributed by atoms with van der Waals surface area (Å²) in [6, 6.07) is 5.22. The summed E-state index contributed by atoms with van der Waals surface area (Å²) in [6.07, 6.45) is -2.21. The first-order valence-corrected chi connectivity index (χ1v) is 11.8. The van der Waals surface area contributed by atoms with Gasteiger partial charge in [0.15, 0.2) is 12.1 Å². The maximum Gasteiger partial charge on any atom is 0.201 e. The number of hydrogen-bond acceptors (Lipinski definition) is 9. The minimum Gasteiger partial charge on any atom is -0.507 e.